The molecule has 0 aliphatic rings. The smallest absolute Gasteiger partial charge is 0.462 e. The monoisotopic (exact) mass is 735 g/mol. The number of phosphoric ester groups is 1. The maximum absolute atomic E-state index is 12.5. The van der Waals surface area contributed by atoms with Crippen LogP contribution in [0.2, 0.25) is 0 Å². The Balaban J connectivity index is 4.29. The van der Waals surface area contributed by atoms with Crippen molar-refractivity contribution in [2.24, 2.45) is 5.73 Å². The van der Waals surface area contributed by atoms with Crippen LogP contribution in [0.5, 0.6) is 0 Å². The molecule has 1 unspecified atom stereocenters. The minimum Gasteiger partial charge on any atom is -0.462 e. The van der Waals surface area contributed by atoms with E-state index < -0.39 is 32.5 Å². The highest BCUT2D eigenvalue weighted by molar-refractivity contribution is 7.47. The Morgan fingerprint density at radius 3 is 1.51 bits per heavy atom. The summed E-state index contributed by atoms with van der Waals surface area (Å²) in [6.07, 6.45) is 43.6. The fourth-order valence-electron chi connectivity index (χ4n) is 4.78. The Labute approximate surface area is 310 Å². The van der Waals surface area contributed by atoms with Crippen molar-refractivity contribution in [1.82, 2.24) is 0 Å². The van der Waals surface area contributed by atoms with Gasteiger partial charge in [0.25, 0.3) is 0 Å². The molecule has 0 aliphatic carbocycles. The predicted octanol–water partition coefficient (Wildman–Crippen LogP) is 10.7. The fraction of sp³-hybridized carbons (Fsp3) is 0.659. The quantitative estimate of drug-likeness (QED) is 0.0282. The lowest BCUT2D eigenvalue weighted by Gasteiger charge is -2.19. The highest BCUT2D eigenvalue weighted by Crippen LogP contribution is 2.43. The number of ether oxygens (including phenoxy) is 2. The summed E-state index contributed by atoms with van der Waals surface area (Å²) in [4.78, 5) is 34.7. The fourth-order valence-corrected chi connectivity index (χ4v) is 5.54. The van der Waals surface area contributed by atoms with Gasteiger partial charge in [0.2, 0.25) is 0 Å². The van der Waals surface area contributed by atoms with Crippen LogP contribution in [0.3, 0.4) is 0 Å². The van der Waals surface area contributed by atoms with Crippen molar-refractivity contribution in [3.63, 3.8) is 0 Å². The number of unbranched alkanes of at least 4 members (excludes halogenated alkanes) is 10. The molecule has 0 aromatic heterocycles. The summed E-state index contributed by atoms with van der Waals surface area (Å²) in [5.41, 5.74) is 5.33. The third-order valence-electron chi connectivity index (χ3n) is 7.59. The molecule has 0 bridgehead atoms. The van der Waals surface area contributed by atoms with Crippen LogP contribution in [0.4, 0.5) is 0 Å². The first-order chi connectivity index (χ1) is 24.8. The average Bonchev–Trinajstić information content (AvgIpc) is 3.11. The van der Waals surface area contributed by atoms with E-state index in [-0.39, 0.29) is 32.6 Å². The molecule has 0 saturated carbocycles. The van der Waals surface area contributed by atoms with Gasteiger partial charge in [-0.05, 0) is 77.0 Å². The van der Waals surface area contributed by atoms with E-state index >= 15 is 0 Å². The number of rotatable bonds is 35. The molecule has 0 aromatic carbocycles. The summed E-state index contributed by atoms with van der Waals surface area (Å²) in [6.45, 7) is 3.44. The van der Waals surface area contributed by atoms with Gasteiger partial charge in [0.1, 0.15) is 6.61 Å². The summed E-state index contributed by atoms with van der Waals surface area (Å²) in [5.74, 6) is -0.877. The SMILES string of the molecule is CC/C=C/C/C=C/C/C=C/CCCCCCCC(=O)OC[C@H](COP(=O)(O)OCCN)OC(=O)CCCCCCC/C=C/C/C=C/C/C=C/CC. The molecule has 292 valence electrons. The van der Waals surface area contributed by atoms with E-state index in [0.717, 1.165) is 103 Å². The number of phosphoric acid groups is 1. The second-order valence-electron chi connectivity index (χ2n) is 12.4. The molecule has 9 nitrogen and oxygen atoms in total. The highest BCUT2D eigenvalue weighted by Gasteiger charge is 2.25. The van der Waals surface area contributed by atoms with Crippen molar-refractivity contribution in [3.8, 4) is 0 Å². The van der Waals surface area contributed by atoms with Gasteiger partial charge in [-0.25, -0.2) is 4.57 Å². The lowest BCUT2D eigenvalue weighted by atomic mass is 10.1. The number of esters is 2. The van der Waals surface area contributed by atoms with Gasteiger partial charge in [-0.3, -0.25) is 18.6 Å². The maximum Gasteiger partial charge on any atom is 0.472 e. The number of carbonyl (C=O) groups excluding carboxylic acids is 2. The number of allylic oxidation sites excluding steroid dienone is 12. The zero-order chi connectivity index (χ0) is 37.5. The second-order valence-corrected chi connectivity index (χ2v) is 13.8. The topological polar surface area (TPSA) is 134 Å². The van der Waals surface area contributed by atoms with Gasteiger partial charge >= 0.3 is 19.8 Å². The van der Waals surface area contributed by atoms with Gasteiger partial charge in [0, 0.05) is 19.4 Å². The van der Waals surface area contributed by atoms with Gasteiger partial charge in [0.05, 0.1) is 13.2 Å². The third-order valence-corrected chi connectivity index (χ3v) is 8.57. The zero-order valence-electron chi connectivity index (χ0n) is 31.8. The van der Waals surface area contributed by atoms with E-state index in [2.05, 4.69) is 86.8 Å². The van der Waals surface area contributed by atoms with Crippen LogP contribution in [-0.4, -0.2) is 49.3 Å². The van der Waals surface area contributed by atoms with Gasteiger partial charge in [0.15, 0.2) is 6.10 Å². The Kier molecular flexibility index (Phi) is 35.4. The molecule has 0 heterocycles. The van der Waals surface area contributed by atoms with E-state index in [1.54, 1.807) is 0 Å². The lowest BCUT2D eigenvalue weighted by Crippen LogP contribution is -2.29. The molecule has 0 saturated heterocycles. The van der Waals surface area contributed by atoms with Crippen LogP contribution < -0.4 is 5.73 Å². The van der Waals surface area contributed by atoms with Crippen LogP contribution in [0.1, 0.15) is 142 Å². The van der Waals surface area contributed by atoms with Crippen molar-refractivity contribution < 1.29 is 37.6 Å². The summed E-state index contributed by atoms with van der Waals surface area (Å²) >= 11 is 0. The number of nitrogens with two attached hydrogens (primary N) is 1. The first-order valence-corrected chi connectivity index (χ1v) is 20.9. The predicted molar refractivity (Wildman–Crippen MR) is 210 cm³/mol. The van der Waals surface area contributed by atoms with Crippen molar-refractivity contribution in [2.45, 2.75) is 148 Å². The molecule has 10 heteroatoms. The van der Waals surface area contributed by atoms with E-state index in [0.29, 0.717) is 12.8 Å². The number of hydrogen-bond donors (Lipinski definition) is 2. The number of hydrogen-bond acceptors (Lipinski definition) is 8. The molecule has 0 amide bonds. The summed E-state index contributed by atoms with van der Waals surface area (Å²) < 4.78 is 32.6. The molecular formula is C41H70NO8P. The average molecular weight is 736 g/mol. The van der Waals surface area contributed by atoms with Crippen LogP contribution in [0.15, 0.2) is 72.9 Å². The van der Waals surface area contributed by atoms with E-state index in [4.69, 9.17) is 24.3 Å². The summed E-state index contributed by atoms with van der Waals surface area (Å²) in [5, 5.41) is 0. The van der Waals surface area contributed by atoms with Gasteiger partial charge in [-0.15, -0.1) is 0 Å². The third kappa shape index (κ3) is 37.0. The van der Waals surface area contributed by atoms with Gasteiger partial charge in [-0.2, -0.15) is 0 Å². The first kappa shape index (κ1) is 48.5. The molecule has 0 fully saturated rings. The Morgan fingerprint density at radius 1 is 0.588 bits per heavy atom. The Bertz CT molecular complexity index is 1070. The zero-order valence-corrected chi connectivity index (χ0v) is 32.7. The van der Waals surface area contributed by atoms with Crippen LogP contribution in [0.25, 0.3) is 0 Å². The van der Waals surface area contributed by atoms with Crippen molar-refractivity contribution in [3.05, 3.63) is 72.9 Å². The van der Waals surface area contributed by atoms with Gasteiger partial charge < -0.3 is 20.1 Å². The van der Waals surface area contributed by atoms with Crippen LogP contribution >= 0.6 is 7.82 Å². The summed E-state index contributed by atoms with van der Waals surface area (Å²) in [6, 6.07) is 0. The molecule has 0 aromatic rings. The summed E-state index contributed by atoms with van der Waals surface area (Å²) in [7, 11) is -4.39. The molecule has 0 aliphatic heterocycles. The number of carbonyl (C=O) groups is 2. The minimum absolute atomic E-state index is 0.0438. The lowest BCUT2D eigenvalue weighted by molar-refractivity contribution is -0.161. The Hall–Kier alpha value is -2.55. The Morgan fingerprint density at radius 2 is 1.02 bits per heavy atom. The van der Waals surface area contributed by atoms with Crippen molar-refractivity contribution >= 4 is 19.8 Å². The normalized spacial score (nSPS) is 14.2. The van der Waals surface area contributed by atoms with E-state index in [1.165, 1.54) is 0 Å². The van der Waals surface area contributed by atoms with Crippen molar-refractivity contribution in [2.75, 3.05) is 26.4 Å². The molecule has 0 spiro atoms. The van der Waals surface area contributed by atoms with E-state index in [1.807, 2.05) is 0 Å². The highest BCUT2D eigenvalue weighted by atomic mass is 31.2. The van der Waals surface area contributed by atoms with E-state index in [9.17, 15) is 19.0 Å². The molecule has 51 heavy (non-hydrogen) atoms. The first-order valence-electron chi connectivity index (χ1n) is 19.4. The maximum atomic E-state index is 12.5. The molecule has 2 atom stereocenters. The molecule has 0 radical (unpaired) electrons. The molecule has 0 rings (SSSR count). The molecule has 3 N–H and O–H groups in total. The van der Waals surface area contributed by atoms with Gasteiger partial charge in [-0.1, -0.05) is 125 Å². The van der Waals surface area contributed by atoms with Crippen LogP contribution in [-0.2, 0) is 32.7 Å². The largest absolute Gasteiger partial charge is 0.472 e. The standard InChI is InChI=1S/C41H70NO8P/c1-3-5-7-9-11-13-15-17-19-21-23-25-27-29-31-33-40(43)47-37-39(38-49-51(45,46)48-36-35-42)50-41(44)34-32-30-28-26-24-22-20-18-16-14-12-10-8-6-4-2/h5-8,11-14,17-20,39H,3-4,9-10,15-16,21-38,42H2,1-2H3,(H,45,46)/b7-5+,8-6+,13-11+,14-12+,19-17+,20-18+/t39-/m1/s1. The second kappa shape index (κ2) is 37.2. The molecular weight excluding hydrogens is 665 g/mol. The van der Waals surface area contributed by atoms with Crippen molar-refractivity contribution in [1.29, 1.82) is 0 Å². The van der Waals surface area contributed by atoms with Crippen LogP contribution in [0, 0.1) is 0 Å². The minimum atomic E-state index is -4.39.